The van der Waals surface area contributed by atoms with E-state index in [1.165, 1.54) is 11.1 Å². The maximum Gasteiger partial charge on any atom is 0.161 e. The molecule has 2 aliphatic rings. The molecule has 1 aliphatic carbocycles. The summed E-state index contributed by atoms with van der Waals surface area (Å²) in [6.45, 7) is 6.25. The molecule has 0 amide bonds. The molecule has 5 heteroatoms. The minimum Gasteiger partial charge on any atom is -0.384 e. The van der Waals surface area contributed by atoms with Crippen LogP contribution in [0.4, 0.5) is 5.69 Å². The summed E-state index contributed by atoms with van der Waals surface area (Å²) in [4.78, 5) is 15.5. The molecule has 1 unspecified atom stereocenters. The molecule has 1 aliphatic heterocycles. The van der Waals surface area contributed by atoms with Crippen molar-refractivity contribution in [2.24, 2.45) is 5.73 Å². The molecule has 0 spiro atoms. The average molecular weight is 520 g/mol. The zero-order valence-corrected chi connectivity index (χ0v) is 23.1. The van der Waals surface area contributed by atoms with Gasteiger partial charge in [-0.1, -0.05) is 60.2 Å². The summed E-state index contributed by atoms with van der Waals surface area (Å²) < 4.78 is 0. The molecule has 0 fully saturated rings. The number of thioether (sulfide) groups is 1. The van der Waals surface area contributed by atoms with Crippen LogP contribution in [0.3, 0.4) is 0 Å². The number of carbonyl (C=O) groups is 1. The van der Waals surface area contributed by atoms with Gasteiger partial charge in [-0.3, -0.25) is 9.69 Å². The first-order valence-corrected chi connectivity index (χ1v) is 14.3. The Morgan fingerprint density at radius 1 is 0.974 bits per heavy atom. The molecule has 1 atom stereocenters. The summed E-state index contributed by atoms with van der Waals surface area (Å²) in [7, 11) is 0. The van der Waals surface area contributed by atoms with Gasteiger partial charge in [-0.25, -0.2) is 0 Å². The number of carbonyl (C=O) groups excluding carboxylic acids is 1. The largest absolute Gasteiger partial charge is 0.384 e. The van der Waals surface area contributed by atoms with Crippen LogP contribution < -0.4 is 10.6 Å². The number of nitrogens with two attached hydrogens (primary N) is 1. The second kappa shape index (κ2) is 10.9. The van der Waals surface area contributed by atoms with E-state index in [-0.39, 0.29) is 5.78 Å². The number of nitriles is 1. The minimum atomic E-state index is -0.443. The van der Waals surface area contributed by atoms with Crippen LogP contribution in [0, 0.1) is 32.1 Å². The lowest BCUT2D eigenvalue weighted by molar-refractivity contribution is -0.116. The molecule has 0 saturated heterocycles. The van der Waals surface area contributed by atoms with E-state index in [2.05, 4.69) is 62.4 Å². The number of Topliss-reactive ketones (excluding diaryl/α,β-unsaturated/α-hetero) is 1. The van der Waals surface area contributed by atoms with Gasteiger partial charge in [0.05, 0.1) is 17.6 Å². The Balaban J connectivity index is 1.59. The van der Waals surface area contributed by atoms with Crippen molar-refractivity contribution in [1.29, 1.82) is 5.26 Å². The quantitative estimate of drug-likeness (QED) is 0.369. The molecule has 3 aromatic carbocycles. The lowest BCUT2D eigenvalue weighted by Gasteiger charge is -2.40. The molecule has 0 saturated carbocycles. The third-order valence-corrected chi connectivity index (χ3v) is 8.61. The Kier molecular flexibility index (Phi) is 7.44. The molecule has 1 heterocycles. The number of ketones is 1. The van der Waals surface area contributed by atoms with Crippen LogP contribution in [0.1, 0.15) is 58.6 Å². The van der Waals surface area contributed by atoms with Crippen molar-refractivity contribution in [3.63, 3.8) is 0 Å². The molecule has 38 heavy (non-hydrogen) atoms. The van der Waals surface area contributed by atoms with Crippen LogP contribution in [0.2, 0.25) is 0 Å². The fourth-order valence-electron chi connectivity index (χ4n) is 5.73. The monoisotopic (exact) mass is 519 g/mol. The van der Waals surface area contributed by atoms with Crippen LogP contribution in [0.25, 0.3) is 0 Å². The van der Waals surface area contributed by atoms with Crippen molar-refractivity contribution in [2.45, 2.75) is 57.5 Å². The smallest absolute Gasteiger partial charge is 0.161 e. The summed E-state index contributed by atoms with van der Waals surface area (Å²) in [6, 6.07) is 25.4. The number of nitrogens with zero attached hydrogens (tertiary/aromatic N) is 2. The normalized spacial score (nSPS) is 17.5. The van der Waals surface area contributed by atoms with E-state index in [0.717, 1.165) is 63.6 Å². The van der Waals surface area contributed by atoms with Crippen LogP contribution in [0.15, 0.2) is 89.4 Å². The highest BCUT2D eigenvalue weighted by Crippen LogP contribution is 2.47. The molecule has 0 radical (unpaired) electrons. The Bertz CT molecular complexity index is 1500. The van der Waals surface area contributed by atoms with Gasteiger partial charge in [-0.05, 0) is 73.6 Å². The number of aryl methyl sites for hydroxylation is 2. The third kappa shape index (κ3) is 4.89. The van der Waals surface area contributed by atoms with Crippen molar-refractivity contribution < 1.29 is 4.79 Å². The summed E-state index contributed by atoms with van der Waals surface area (Å²) in [6.07, 6.45) is 2.05. The number of hydrogen-bond donors (Lipinski definition) is 1. The Labute approximate surface area is 229 Å². The molecule has 4 nitrogen and oxygen atoms in total. The standard InChI is InChI=1S/C33H33N3OS/c1-21-9-7-12-26(16-21)36-29-13-8-14-30(37)32(29)31(28(18-34)33(36)35)27-17-22(2)15-25(23(27)3)20-38-19-24-10-5-4-6-11-24/h4-7,9-12,15-17,31H,8,13-14,19-20,35H2,1-3H3. The molecular weight excluding hydrogens is 486 g/mol. The van der Waals surface area contributed by atoms with E-state index < -0.39 is 5.92 Å². The minimum absolute atomic E-state index is 0.120. The van der Waals surface area contributed by atoms with Crippen LogP contribution >= 0.6 is 11.8 Å². The molecular formula is C33H33N3OS. The van der Waals surface area contributed by atoms with Crippen molar-refractivity contribution >= 4 is 23.2 Å². The van der Waals surface area contributed by atoms with Crippen molar-refractivity contribution in [3.05, 3.63) is 123 Å². The summed E-state index contributed by atoms with van der Waals surface area (Å²) in [5.41, 5.74) is 16.8. The van der Waals surface area contributed by atoms with Gasteiger partial charge >= 0.3 is 0 Å². The zero-order valence-electron chi connectivity index (χ0n) is 22.3. The maximum absolute atomic E-state index is 13.6. The van der Waals surface area contributed by atoms with Gasteiger partial charge in [-0.2, -0.15) is 17.0 Å². The predicted molar refractivity (Wildman–Crippen MR) is 156 cm³/mol. The first-order valence-electron chi connectivity index (χ1n) is 13.1. The lowest BCUT2D eigenvalue weighted by atomic mass is 9.73. The van der Waals surface area contributed by atoms with E-state index >= 15 is 0 Å². The van der Waals surface area contributed by atoms with Gasteiger partial charge in [0.1, 0.15) is 5.82 Å². The van der Waals surface area contributed by atoms with Crippen molar-refractivity contribution in [2.75, 3.05) is 4.90 Å². The average Bonchev–Trinajstić information content (AvgIpc) is 2.90. The highest BCUT2D eigenvalue weighted by atomic mass is 32.2. The second-order valence-corrected chi connectivity index (χ2v) is 11.3. The van der Waals surface area contributed by atoms with E-state index in [1.807, 2.05) is 47.9 Å². The second-order valence-electron chi connectivity index (χ2n) is 10.3. The van der Waals surface area contributed by atoms with Gasteiger partial charge in [0.25, 0.3) is 0 Å². The maximum atomic E-state index is 13.6. The van der Waals surface area contributed by atoms with Crippen molar-refractivity contribution in [3.8, 4) is 6.07 Å². The van der Waals surface area contributed by atoms with Gasteiger partial charge in [0.15, 0.2) is 5.78 Å². The molecule has 192 valence electrons. The number of anilines is 1. The first-order chi connectivity index (χ1) is 18.4. The topological polar surface area (TPSA) is 70.1 Å². The Hall–Kier alpha value is -3.75. The van der Waals surface area contributed by atoms with E-state index in [9.17, 15) is 10.1 Å². The fraction of sp³-hybridized carbons (Fsp3) is 0.273. The van der Waals surface area contributed by atoms with E-state index in [1.54, 1.807) is 0 Å². The molecule has 3 aromatic rings. The Morgan fingerprint density at radius 3 is 2.50 bits per heavy atom. The molecule has 2 N–H and O–H groups in total. The highest BCUT2D eigenvalue weighted by molar-refractivity contribution is 7.97. The van der Waals surface area contributed by atoms with E-state index in [4.69, 9.17) is 5.73 Å². The summed E-state index contributed by atoms with van der Waals surface area (Å²) >= 11 is 1.88. The highest BCUT2D eigenvalue weighted by Gasteiger charge is 2.41. The van der Waals surface area contributed by atoms with Gasteiger partial charge < -0.3 is 5.73 Å². The number of allylic oxidation sites excluding steroid dienone is 3. The lowest BCUT2D eigenvalue weighted by Crippen LogP contribution is -2.39. The number of hydrogen-bond acceptors (Lipinski definition) is 5. The van der Waals surface area contributed by atoms with Crippen LogP contribution in [-0.4, -0.2) is 5.78 Å². The summed E-state index contributed by atoms with van der Waals surface area (Å²) in [5, 5.41) is 10.4. The summed E-state index contributed by atoms with van der Waals surface area (Å²) in [5.74, 6) is 1.90. The third-order valence-electron chi connectivity index (χ3n) is 7.55. The predicted octanol–water partition coefficient (Wildman–Crippen LogP) is 7.35. The van der Waals surface area contributed by atoms with E-state index in [0.29, 0.717) is 17.8 Å². The van der Waals surface area contributed by atoms with Crippen molar-refractivity contribution in [1.82, 2.24) is 0 Å². The van der Waals surface area contributed by atoms with Gasteiger partial charge in [0, 0.05) is 34.9 Å². The van der Waals surface area contributed by atoms with Gasteiger partial charge in [0.2, 0.25) is 0 Å². The number of rotatable bonds is 6. The van der Waals surface area contributed by atoms with Crippen LogP contribution in [-0.2, 0) is 16.3 Å². The van der Waals surface area contributed by atoms with Crippen LogP contribution in [0.5, 0.6) is 0 Å². The number of benzene rings is 3. The molecule has 5 rings (SSSR count). The molecule has 0 aromatic heterocycles. The Morgan fingerprint density at radius 2 is 1.76 bits per heavy atom. The SMILES string of the molecule is Cc1cccc(N2C(N)=C(C#N)C(c3cc(C)cc(CSCc4ccccc4)c3C)C3=C2CCCC3=O)c1. The first kappa shape index (κ1) is 25.9. The fourth-order valence-corrected chi connectivity index (χ4v) is 6.78. The van der Waals surface area contributed by atoms with Gasteiger partial charge in [-0.15, -0.1) is 0 Å². The zero-order chi connectivity index (χ0) is 26.8. The molecule has 0 bridgehead atoms.